The smallest absolute Gasteiger partial charge is 0.416 e. The van der Waals surface area contributed by atoms with Gasteiger partial charge in [-0.1, -0.05) is 41.9 Å². The number of aromatic nitrogens is 2. The zero-order valence-electron chi connectivity index (χ0n) is 20.6. The Morgan fingerprint density at radius 2 is 1.70 bits per heavy atom. The van der Waals surface area contributed by atoms with Crippen LogP contribution in [0.2, 0.25) is 5.15 Å². The van der Waals surface area contributed by atoms with Crippen LogP contribution in [-0.4, -0.2) is 27.6 Å². The third-order valence-electron chi connectivity index (χ3n) is 5.19. The van der Waals surface area contributed by atoms with Gasteiger partial charge in [-0.05, 0) is 62.1 Å². The number of alkyl halides is 3. The van der Waals surface area contributed by atoms with E-state index in [4.69, 9.17) is 16.3 Å². The SMILES string of the molecule is C[C@@H](NC(=O)c1cc(Cl)ncn1)c1ccc(-c2cc(C(F)(F)F)ccc2CNC(=O)OC(C)(C)C)cc1. The fourth-order valence-electron chi connectivity index (χ4n) is 3.42. The Kier molecular flexibility index (Phi) is 8.42. The molecule has 1 aromatic heterocycles. The van der Waals surface area contributed by atoms with Crippen LogP contribution in [0.4, 0.5) is 18.0 Å². The number of alkyl carbamates (subject to hydrolysis) is 1. The Balaban J connectivity index is 1.82. The molecule has 0 saturated carbocycles. The monoisotopic (exact) mass is 534 g/mol. The van der Waals surface area contributed by atoms with E-state index in [2.05, 4.69) is 20.6 Å². The molecular formula is C26H26ClF3N4O3. The molecule has 3 aromatic rings. The van der Waals surface area contributed by atoms with E-state index in [1.807, 2.05) is 0 Å². The Labute approximate surface area is 217 Å². The molecule has 0 unspecified atom stereocenters. The van der Waals surface area contributed by atoms with Gasteiger partial charge in [0.2, 0.25) is 0 Å². The Morgan fingerprint density at radius 1 is 1.03 bits per heavy atom. The van der Waals surface area contributed by atoms with E-state index >= 15 is 0 Å². The number of hydrogen-bond acceptors (Lipinski definition) is 5. The van der Waals surface area contributed by atoms with Crippen LogP contribution in [0, 0.1) is 0 Å². The lowest BCUT2D eigenvalue weighted by Crippen LogP contribution is -2.32. The molecule has 0 bridgehead atoms. The number of halogens is 4. The third kappa shape index (κ3) is 7.91. The molecule has 196 valence electrons. The summed E-state index contributed by atoms with van der Waals surface area (Å²) in [7, 11) is 0. The van der Waals surface area contributed by atoms with Gasteiger partial charge in [0.05, 0.1) is 11.6 Å². The number of carbonyl (C=O) groups excluding carboxylic acids is 2. The van der Waals surface area contributed by atoms with Crippen LogP contribution in [0.5, 0.6) is 0 Å². The van der Waals surface area contributed by atoms with Crippen molar-refractivity contribution in [2.24, 2.45) is 0 Å². The van der Waals surface area contributed by atoms with Crippen LogP contribution in [0.3, 0.4) is 0 Å². The number of rotatable bonds is 6. The molecule has 0 aliphatic rings. The number of amides is 2. The van der Waals surface area contributed by atoms with Crippen molar-refractivity contribution < 1.29 is 27.5 Å². The first-order chi connectivity index (χ1) is 17.2. The summed E-state index contributed by atoms with van der Waals surface area (Å²) in [5, 5.41) is 5.51. The first-order valence-electron chi connectivity index (χ1n) is 11.3. The first kappa shape index (κ1) is 27.9. The summed E-state index contributed by atoms with van der Waals surface area (Å²) in [4.78, 5) is 32.1. The fraction of sp³-hybridized carbons (Fsp3) is 0.308. The highest BCUT2D eigenvalue weighted by Gasteiger charge is 2.31. The minimum absolute atomic E-state index is 0.0297. The van der Waals surface area contributed by atoms with Crippen LogP contribution in [0.25, 0.3) is 11.1 Å². The third-order valence-corrected chi connectivity index (χ3v) is 5.40. The summed E-state index contributed by atoms with van der Waals surface area (Å²) >= 11 is 5.81. The zero-order chi connectivity index (χ0) is 27.4. The molecule has 37 heavy (non-hydrogen) atoms. The number of carbonyl (C=O) groups is 2. The van der Waals surface area contributed by atoms with E-state index in [-0.39, 0.29) is 17.4 Å². The van der Waals surface area contributed by atoms with Gasteiger partial charge in [0.15, 0.2) is 0 Å². The molecule has 0 fully saturated rings. The van der Waals surface area contributed by atoms with Gasteiger partial charge in [-0.15, -0.1) is 0 Å². The zero-order valence-corrected chi connectivity index (χ0v) is 21.4. The lowest BCUT2D eigenvalue weighted by Gasteiger charge is -2.20. The fourth-order valence-corrected chi connectivity index (χ4v) is 3.57. The van der Waals surface area contributed by atoms with E-state index in [1.54, 1.807) is 52.0 Å². The molecule has 0 radical (unpaired) electrons. The number of nitrogens with one attached hydrogen (secondary N) is 2. The lowest BCUT2D eigenvalue weighted by atomic mass is 9.95. The second kappa shape index (κ2) is 11.2. The highest BCUT2D eigenvalue weighted by atomic mass is 35.5. The van der Waals surface area contributed by atoms with Gasteiger partial charge in [0, 0.05) is 12.6 Å². The van der Waals surface area contributed by atoms with E-state index in [9.17, 15) is 22.8 Å². The van der Waals surface area contributed by atoms with Crippen molar-refractivity contribution >= 4 is 23.6 Å². The predicted octanol–water partition coefficient (Wildman–Crippen LogP) is 6.33. The van der Waals surface area contributed by atoms with Gasteiger partial charge < -0.3 is 15.4 Å². The molecule has 3 rings (SSSR count). The molecule has 1 heterocycles. The average Bonchev–Trinajstić information content (AvgIpc) is 2.81. The standard InChI is InChI=1S/C26H26ClF3N4O3/c1-15(34-23(35)21-12-22(27)33-14-32-21)16-5-7-17(8-6-16)20-11-19(26(28,29)30)10-9-18(20)13-31-24(36)37-25(2,3)4/h5-12,14-15H,13H2,1-4H3,(H,31,36)(H,34,35)/t15-/m1/s1. The van der Waals surface area contributed by atoms with Crippen molar-refractivity contribution in [3.05, 3.63) is 82.4 Å². The summed E-state index contributed by atoms with van der Waals surface area (Å²) in [6, 6.07) is 11.0. The maximum Gasteiger partial charge on any atom is 0.416 e. The van der Waals surface area contributed by atoms with Crippen molar-refractivity contribution in [1.82, 2.24) is 20.6 Å². The molecule has 2 amide bonds. The quantitative estimate of drug-likeness (QED) is 0.360. The maximum absolute atomic E-state index is 13.4. The summed E-state index contributed by atoms with van der Waals surface area (Å²) in [5.41, 5.74) is 0.605. The molecule has 0 aliphatic carbocycles. The summed E-state index contributed by atoms with van der Waals surface area (Å²) < 4.78 is 45.5. The van der Waals surface area contributed by atoms with Crippen LogP contribution >= 0.6 is 11.6 Å². The normalized spacial score (nSPS) is 12.5. The maximum atomic E-state index is 13.4. The van der Waals surface area contributed by atoms with Crippen molar-refractivity contribution in [3.8, 4) is 11.1 Å². The van der Waals surface area contributed by atoms with Crippen molar-refractivity contribution in [2.75, 3.05) is 0 Å². The number of hydrogen-bond donors (Lipinski definition) is 2. The van der Waals surface area contributed by atoms with Gasteiger partial charge in [-0.25, -0.2) is 14.8 Å². The van der Waals surface area contributed by atoms with Gasteiger partial charge >= 0.3 is 12.3 Å². The lowest BCUT2D eigenvalue weighted by molar-refractivity contribution is -0.137. The van der Waals surface area contributed by atoms with Crippen LogP contribution in [0.15, 0.2) is 54.9 Å². The predicted molar refractivity (Wildman–Crippen MR) is 133 cm³/mol. The van der Waals surface area contributed by atoms with Gasteiger partial charge in [-0.2, -0.15) is 13.2 Å². The van der Waals surface area contributed by atoms with Crippen molar-refractivity contribution in [3.63, 3.8) is 0 Å². The van der Waals surface area contributed by atoms with E-state index in [1.165, 1.54) is 18.5 Å². The largest absolute Gasteiger partial charge is 0.444 e. The number of benzene rings is 2. The molecular weight excluding hydrogens is 509 g/mol. The van der Waals surface area contributed by atoms with E-state index in [0.717, 1.165) is 17.7 Å². The Bertz CT molecular complexity index is 1280. The highest BCUT2D eigenvalue weighted by Crippen LogP contribution is 2.34. The van der Waals surface area contributed by atoms with Crippen LogP contribution < -0.4 is 10.6 Å². The molecule has 7 nitrogen and oxygen atoms in total. The van der Waals surface area contributed by atoms with Crippen molar-refractivity contribution in [1.29, 1.82) is 0 Å². The second-order valence-corrected chi connectivity index (χ2v) is 9.66. The van der Waals surface area contributed by atoms with Crippen molar-refractivity contribution in [2.45, 2.75) is 52.1 Å². The highest BCUT2D eigenvalue weighted by molar-refractivity contribution is 6.29. The molecule has 0 saturated heterocycles. The van der Waals surface area contributed by atoms with Gasteiger partial charge in [0.1, 0.15) is 22.8 Å². The number of nitrogens with zero attached hydrogens (tertiary/aromatic N) is 2. The topological polar surface area (TPSA) is 93.2 Å². The second-order valence-electron chi connectivity index (χ2n) is 9.27. The van der Waals surface area contributed by atoms with Gasteiger partial charge in [-0.3, -0.25) is 4.79 Å². The Hall–Kier alpha value is -3.66. The summed E-state index contributed by atoms with van der Waals surface area (Å²) in [5.74, 6) is -0.450. The molecule has 1 atom stereocenters. The summed E-state index contributed by atoms with van der Waals surface area (Å²) in [6.45, 7) is 6.87. The molecule has 0 aliphatic heterocycles. The minimum Gasteiger partial charge on any atom is -0.444 e. The molecule has 2 aromatic carbocycles. The minimum atomic E-state index is -4.53. The van der Waals surface area contributed by atoms with E-state index in [0.29, 0.717) is 16.7 Å². The van der Waals surface area contributed by atoms with Crippen LogP contribution in [-0.2, 0) is 17.5 Å². The summed E-state index contributed by atoms with van der Waals surface area (Å²) in [6.07, 6.45) is -4.03. The molecule has 0 spiro atoms. The molecule has 2 N–H and O–H groups in total. The number of ether oxygens (including phenoxy) is 1. The van der Waals surface area contributed by atoms with E-state index < -0.39 is 35.4 Å². The molecule has 11 heteroatoms. The Morgan fingerprint density at radius 3 is 2.30 bits per heavy atom. The van der Waals surface area contributed by atoms with Gasteiger partial charge in [0.25, 0.3) is 5.91 Å². The average molecular weight is 535 g/mol. The van der Waals surface area contributed by atoms with Crippen LogP contribution in [0.1, 0.15) is 60.9 Å². The first-order valence-corrected chi connectivity index (χ1v) is 11.7.